The number of benzene rings is 1. The van der Waals surface area contributed by atoms with Gasteiger partial charge >= 0.3 is 0 Å². The highest BCUT2D eigenvalue weighted by molar-refractivity contribution is 5.79. The average Bonchev–Trinajstić information content (AvgIpc) is 2.92. The van der Waals surface area contributed by atoms with E-state index in [1.807, 2.05) is 18.2 Å². The van der Waals surface area contributed by atoms with Crippen molar-refractivity contribution >= 4 is 5.91 Å². The van der Waals surface area contributed by atoms with Gasteiger partial charge in [-0.25, -0.2) is 0 Å². The van der Waals surface area contributed by atoms with Crippen LogP contribution in [-0.2, 0) is 11.2 Å². The van der Waals surface area contributed by atoms with Crippen molar-refractivity contribution in [2.45, 2.75) is 58.2 Å². The molecule has 4 heteroatoms. The third-order valence-corrected chi connectivity index (χ3v) is 5.91. The Bertz CT molecular complexity index is 579. The summed E-state index contributed by atoms with van der Waals surface area (Å²) >= 11 is 0. The van der Waals surface area contributed by atoms with Crippen molar-refractivity contribution in [1.82, 2.24) is 10.2 Å². The summed E-state index contributed by atoms with van der Waals surface area (Å²) in [5.41, 5.74) is 2.34. The summed E-state index contributed by atoms with van der Waals surface area (Å²) < 4.78 is 0. The first kappa shape index (κ1) is 17.4. The summed E-state index contributed by atoms with van der Waals surface area (Å²) in [6.07, 6.45) is 2.29. The van der Waals surface area contributed by atoms with Crippen LogP contribution < -0.4 is 5.32 Å². The van der Waals surface area contributed by atoms with E-state index in [9.17, 15) is 9.90 Å². The van der Waals surface area contributed by atoms with Crippen LogP contribution in [0.4, 0.5) is 0 Å². The smallest absolute Gasteiger partial charge is 0.223 e. The van der Waals surface area contributed by atoms with Crippen molar-refractivity contribution in [3.05, 3.63) is 35.4 Å². The minimum absolute atomic E-state index is 0.114. The third kappa shape index (κ3) is 3.50. The van der Waals surface area contributed by atoms with Gasteiger partial charge in [-0.2, -0.15) is 0 Å². The van der Waals surface area contributed by atoms with E-state index in [-0.39, 0.29) is 23.9 Å². The number of rotatable bonds is 4. The number of aliphatic hydroxyl groups excluding tert-OH is 1. The van der Waals surface area contributed by atoms with Crippen LogP contribution in [0.2, 0.25) is 0 Å². The molecule has 0 radical (unpaired) electrons. The maximum absolute atomic E-state index is 12.4. The first-order chi connectivity index (χ1) is 11.5. The second kappa shape index (κ2) is 7.24. The van der Waals surface area contributed by atoms with Crippen LogP contribution in [0.1, 0.15) is 50.8 Å². The van der Waals surface area contributed by atoms with Crippen molar-refractivity contribution in [3.8, 4) is 0 Å². The number of aliphatic hydroxyl groups is 1. The van der Waals surface area contributed by atoms with Crippen molar-refractivity contribution in [2.24, 2.45) is 11.8 Å². The maximum Gasteiger partial charge on any atom is 0.223 e. The van der Waals surface area contributed by atoms with Crippen molar-refractivity contribution < 1.29 is 9.90 Å². The molecule has 0 bridgehead atoms. The van der Waals surface area contributed by atoms with Gasteiger partial charge in [0.1, 0.15) is 0 Å². The van der Waals surface area contributed by atoms with E-state index < -0.39 is 6.10 Å². The van der Waals surface area contributed by atoms with Gasteiger partial charge in [0.15, 0.2) is 0 Å². The van der Waals surface area contributed by atoms with Crippen molar-refractivity contribution in [1.29, 1.82) is 0 Å². The lowest BCUT2D eigenvalue weighted by atomic mass is 9.93. The molecule has 1 saturated heterocycles. The molecular weight excluding hydrogens is 300 g/mol. The Morgan fingerprint density at radius 2 is 1.88 bits per heavy atom. The number of nitrogens with one attached hydrogen (secondary N) is 1. The number of hydrogen-bond acceptors (Lipinski definition) is 3. The SMILES string of the molecule is CC(C)[C@H](C)NC(=O)C1CCN([C@H]2Cc3ccccc3[C@@H]2O)CC1. The molecule has 2 aliphatic rings. The zero-order chi connectivity index (χ0) is 17.3. The Balaban J connectivity index is 1.54. The molecule has 2 N–H and O–H groups in total. The van der Waals surface area contributed by atoms with Gasteiger partial charge < -0.3 is 10.4 Å². The van der Waals surface area contributed by atoms with Gasteiger partial charge in [0.25, 0.3) is 0 Å². The van der Waals surface area contributed by atoms with Crippen LogP contribution in [0.15, 0.2) is 24.3 Å². The molecule has 4 nitrogen and oxygen atoms in total. The lowest BCUT2D eigenvalue weighted by Crippen LogP contribution is -2.48. The van der Waals surface area contributed by atoms with Gasteiger partial charge in [-0.05, 0) is 56.3 Å². The van der Waals surface area contributed by atoms with E-state index in [1.54, 1.807) is 0 Å². The summed E-state index contributed by atoms with van der Waals surface area (Å²) in [5, 5.41) is 13.8. The van der Waals surface area contributed by atoms with E-state index in [0.717, 1.165) is 37.9 Å². The molecule has 3 rings (SSSR count). The predicted molar refractivity (Wildman–Crippen MR) is 95.6 cm³/mol. The number of amides is 1. The minimum Gasteiger partial charge on any atom is -0.387 e. The number of carbonyl (C=O) groups is 1. The zero-order valence-corrected chi connectivity index (χ0v) is 15.0. The fourth-order valence-electron chi connectivity index (χ4n) is 3.88. The molecule has 1 aromatic carbocycles. The largest absolute Gasteiger partial charge is 0.387 e. The van der Waals surface area contributed by atoms with Crippen molar-refractivity contribution in [2.75, 3.05) is 13.1 Å². The zero-order valence-electron chi connectivity index (χ0n) is 15.0. The molecule has 0 saturated carbocycles. The predicted octanol–water partition coefficient (Wildman–Crippen LogP) is 2.52. The molecule has 1 aromatic rings. The van der Waals surface area contributed by atoms with Crippen LogP contribution in [0, 0.1) is 11.8 Å². The molecule has 1 fully saturated rings. The molecule has 1 aliphatic heterocycles. The summed E-state index contributed by atoms with van der Waals surface area (Å²) in [4.78, 5) is 14.8. The van der Waals surface area contributed by atoms with Gasteiger partial charge in [0, 0.05) is 18.0 Å². The fourth-order valence-corrected chi connectivity index (χ4v) is 3.88. The molecule has 0 unspecified atom stereocenters. The molecule has 0 aromatic heterocycles. The van der Waals surface area contributed by atoms with Crippen LogP contribution in [0.25, 0.3) is 0 Å². The Morgan fingerprint density at radius 1 is 1.21 bits per heavy atom. The van der Waals surface area contributed by atoms with Crippen LogP contribution >= 0.6 is 0 Å². The molecule has 3 atom stereocenters. The van der Waals surface area contributed by atoms with E-state index in [0.29, 0.717) is 5.92 Å². The summed E-state index contributed by atoms with van der Waals surface area (Å²) in [6.45, 7) is 8.12. The first-order valence-electron chi connectivity index (χ1n) is 9.27. The topological polar surface area (TPSA) is 52.6 Å². The van der Waals surface area contributed by atoms with Crippen molar-refractivity contribution in [3.63, 3.8) is 0 Å². The van der Waals surface area contributed by atoms with Gasteiger partial charge in [-0.1, -0.05) is 38.1 Å². The van der Waals surface area contributed by atoms with E-state index in [1.165, 1.54) is 5.56 Å². The lowest BCUT2D eigenvalue weighted by molar-refractivity contribution is -0.127. The van der Waals surface area contributed by atoms with Gasteiger partial charge in [0.2, 0.25) is 5.91 Å². The number of carbonyl (C=O) groups excluding carboxylic acids is 1. The van der Waals surface area contributed by atoms with Crippen LogP contribution in [0.3, 0.4) is 0 Å². The number of likely N-dealkylation sites (tertiary alicyclic amines) is 1. The summed E-state index contributed by atoms with van der Waals surface area (Å²) in [5.74, 6) is 0.774. The molecule has 0 spiro atoms. The molecule has 1 amide bonds. The van der Waals surface area contributed by atoms with E-state index in [4.69, 9.17) is 0 Å². The first-order valence-corrected chi connectivity index (χ1v) is 9.27. The Kier molecular flexibility index (Phi) is 5.26. The highest BCUT2D eigenvalue weighted by atomic mass is 16.3. The summed E-state index contributed by atoms with van der Waals surface area (Å²) in [7, 11) is 0. The van der Waals surface area contributed by atoms with E-state index >= 15 is 0 Å². The summed E-state index contributed by atoms with van der Waals surface area (Å²) in [6, 6.07) is 8.58. The van der Waals surface area contributed by atoms with E-state index in [2.05, 4.69) is 37.1 Å². The second-order valence-corrected chi connectivity index (χ2v) is 7.77. The number of piperidine rings is 1. The molecule has 1 aliphatic carbocycles. The molecule has 132 valence electrons. The Labute approximate surface area is 145 Å². The normalized spacial score (nSPS) is 26.4. The number of nitrogens with zero attached hydrogens (tertiary/aromatic N) is 1. The maximum atomic E-state index is 12.4. The molecule has 1 heterocycles. The van der Waals surface area contributed by atoms with Gasteiger partial charge in [0.05, 0.1) is 6.10 Å². The lowest BCUT2D eigenvalue weighted by Gasteiger charge is -2.37. The number of fused-ring (bicyclic) bond motifs is 1. The highest BCUT2D eigenvalue weighted by Crippen LogP contribution is 2.36. The Hall–Kier alpha value is -1.39. The Morgan fingerprint density at radius 3 is 2.50 bits per heavy atom. The molecular formula is C20H30N2O2. The third-order valence-electron chi connectivity index (χ3n) is 5.91. The quantitative estimate of drug-likeness (QED) is 0.892. The van der Waals surface area contributed by atoms with Crippen LogP contribution in [-0.4, -0.2) is 41.1 Å². The average molecular weight is 330 g/mol. The second-order valence-electron chi connectivity index (χ2n) is 7.77. The molecule has 24 heavy (non-hydrogen) atoms. The van der Waals surface area contributed by atoms with Crippen LogP contribution in [0.5, 0.6) is 0 Å². The highest BCUT2D eigenvalue weighted by Gasteiger charge is 2.37. The fraction of sp³-hybridized carbons (Fsp3) is 0.650. The van der Waals surface area contributed by atoms with Gasteiger partial charge in [-0.3, -0.25) is 9.69 Å². The number of hydrogen-bond donors (Lipinski definition) is 2. The minimum atomic E-state index is -0.396. The monoisotopic (exact) mass is 330 g/mol. The van der Waals surface area contributed by atoms with Gasteiger partial charge in [-0.15, -0.1) is 0 Å². The standard InChI is InChI=1S/C20H30N2O2/c1-13(2)14(3)21-20(24)15-8-10-22(11-9-15)18-12-16-6-4-5-7-17(16)19(18)23/h4-7,13-15,18-19,23H,8-12H2,1-3H3,(H,21,24)/t14-,18-,19-/m0/s1.